The molecule has 0 bridgehead atoms. The van der Waals surface area contributed by atoms with Crippen molar-refractivity contribution in [3.05, 3.63) is 23.8 Å². The van der Waals surface area contributed by atoms with Gasteiger partial charge < -0.3 is 19.5 Å². The molecule has 0 aromatic heterocycles. The third kappa shape index (κ3) is 6.03. The van der Waals surface area contributed by atoms with Crippen molar-refractivity contribution in [3.8, 4) is 11.5 Å². The van der Waals surface area contributed by atoms with Gasteiger partial charge in [0.25, 0.3) is 0 Å². The Labute approximate surface area is 130 Å². The van der Waals surface area contributed by atoms with E-state index in [-0.39, 0.29) is 24.7 Å². The van der Waals surface area contributed by atoms with Crippen LogP contribution in [-0.4, -0.2) is 39.2 Å². The molecule has 0 saturated carbocycles. The van der Waals surface area contributed by atoms with E-state index in [9.17, 15) is 9.59 Å². The molecular weight excluding hydrogens is 286 g/mol. The molecule has 0 saturated heterocycles. The smallest absolute Gasteiger partial charge is 0.306 e. The molecule has 0 heterocycles. The number of carbonyl (C=O) groups excluding carboxylic acids is 2. The van der Waals surface area contributed by atoms with Gasteiger partial charge in [-0.1, -0.05) is 6.07 Å². The molecule has 1 aromatic rings. The average Bonchev–Trinajstić information content (AvgIpc) is 2.53. The summed E-state index contributed by atoms with van der Waals surface area (Å²) in [5.74, 6) is 0.824. The number of nitrogens with one attached hydrogen (secondary N) is 1. The summed E-state index contributed by atoms with van der Waals surface area (Å²) in [4.78, 5) is 22.7. The first-order valence-electron chi connectivity index (χ1n) is 7.24. The Hall–Kier alpha value is -2.24. The molecule has 0 aliphatic rings. The number of ether oxygens (including phenoxy) is 3. The fourth-order valence-electron chi connectivity index (χ4n) is 1.92. The van der Waals surface area contributed by atoms with Crippen molar-refractivity contribution in [2.75, 3.05) is 27.4 Å². The second-order valence-electron chi connectivity index (χ2n) is 4.59. The van der Waals surface area contributed by atoms with Gasteiger partial charge in [0.05, 0.1) is 27.2 Å². The monoisotopic (exact) mass is 309 g/mol. The first-order valence-corrected chi connectivity index (χ1v) is 7.24. The molecule has 0 atom stereocenters. The second kappa shape index (κ2) is 9.65. The van der Waals surface area contributed by atoms with Gasteiger partial charge >= 0.3 is 5.97 Å². The Balaban J connectivity index is 2.34. The van der Waals surface area contributed by atoms with Crippen LogP contribution in [0.2, 0.25) is 0 Å². The number of methoxy groups -OCH3 is 2. The van der Waals surface area contributed by atoms with Crippen LogP contribution in [0.1, 0.15) is 25.3 Å². The summed E-state index contributed by atoms with van der Waals surface area (Å²) in [5.41, 5.74) is 1.03. The largest absolute Gasteiger partial charge is 0.493 e. The van der Waals surface area contributed by atoms with E-state index in [1.54, 1.807) is 21.1 Å². The van der Waals surface area contributed by atoms with E-state index < -0.39 is 0 Å². The highest BCUT2D eigenvalue weighted by molar-refractivity contribution is 5.81. The molecule has 6 nitrogen and oxygen atoms in total. The van der Waals surface area contributed by atoms with Crippen molar-refractivity contribution >= 4 is 11.9 Å². The molecular formula is C16H23NO5. The summed E-state index contributed by atoms with van der Waals surface area (Å²) in [5, 5.41) is 2.78. The molecule has 1 rings (SSSR count). The predicted molar refractivity (Wildman–Crippen MR) is 82.1 cm³/mol. The zero-order valence-electron chi connectivity index (χ0n) is 13.3. The second-order valence-corrected chi connectivity index (χ2v) is 4.59. The molecule has 0 spiro atoms. The molecule has 1 aromatic carbocycles. The summed E-state index contributed by atoms with van der Waals surface area (Å²) in [7, 11) is 3.17. The first-order chi connectivity index (χ1) is 10.6. The van der Waals surface area contributed by atoms with Crippen LogP contribution in [0.5, 0.6) is 11.5 Å². The minimum Gasteiger partial charge on any atom is -0.493 e. The van der Waals surface area contributed by atoms with Crippen molar-refractivity contribution in [1.29, 1.82) is 0 Å². The summed E-state index contributed by atoms with van der Waals surface area (Å²) in [6.07, 6.45) is 0.923. The summed E-state index contributed by atoms with van der Waals surface area (Å²) in [6, 6.07) is 5.63. The lowest BCUT2D eigenvalue weighted by molar-refractivity contribution is -0.144. The Morgan fingerprint density at radius 2 is 1.82 bits per heavy atom. The standard InChI is InChI=1S/C16H23NO5/c1-4-22-16(19)8-7-15(18)17-10-9-12-5-6-13(20-2)14(11-12)21-3/h5-6,11H,4,7-10H2,1-3H3,(H,17,18). The zero-order chi connectivity index (χ0) is 16.4. The van der Waals surface area contributed by atoms with Gasteiger partial charge in [0, 0.05) is 13.0 Å². The fourth-order valence-corrected chi connectivity index (χ4v) is 1.92. The van der Waals surface area contributed by atoms with E-state index in [0.29, 0.717) is 31.1 Å². The molecule has 0 unspecified atom stereocenters. The van der Waals surface area contributed by atoms with Gasteiger partial charge in [-0.15, -0.1) is 0 Å². The van der Waals surface area contributed by atoms with E-state index in [2.05, 4.69) is 5.32 Å². The quantitative estimate of drug-likeness (QED) is 0.703. The number of hydrogen-bond donors (Lipinski definition) is 1. The maximum absolute atomic E-state index is 11.6. The van der Waals surface area contributed by atoms with Gasteiger partial charge in [-0.05, 0) is 31.0 Å². The maximum Gasteiger partial charge on any atom is 0.306 e. The number of benzene rings is 1. The van der Waals surface area contributed by atoms with Crippen molar-refractivity contribution in [2.24, 2.45) is 0 Å². The number of hydrogen-bond acceptors (Lipinski definition) is 5. The lowest BCUT2D eigenvalue weighted by atomic mass is 10.1. The highest BCUT2D eigenvalue weighted by Crippen LogP contribution is 2.27. The SMILES string of the molecule is CCOC(=O)CCC(=O)NCCc1ccc(OC)c(OC)c1. The van der Waals surface area contributed by atoms with Gasteiger partial charge in [0.1, 0.15) is 0 Å². The highest BCUT2D eigenvalue weighted by Gasteiger charge is 2.08. The van der Waals surface area contributed by atoms with Crippen LogP contribution >= 0.6 is 0 Å². The molecule has 0 aliphatic heterocycles. The summed E-state index contributed by atoms with van der Waals surface area (Å²) >= 11 is 0. The molecule has 1 N–H and O–H groups in total. The van der Waals surface area contributed by atoms with Crippen molar-refractivity contribution in [1.82, 2.24) is 5.32 Å². The lowest BCUT2D eigenvalue weighted by Crippen LogP contribution is -2.26. The number of rotatable bonds is 9. The number of esters is 1. The van der Waals surface area contributed by atoms with Crippen LogP contribution in [0.3, 0.4) is 0 Å². The topological polar surface area (TPSA) is 73.9 Å². The average molecular weight is 309 g/mol. The summed E-state index contributed by atoms with van der Waals surface area (Å²) in [6.45, 7) is 2.57. The van der Waals surface area contributed by atoms with Crippen LogP contribution in [0, 0.1) is 0 Å². The van der Waals surface area contributed by atoms with Gasteiger partial charge in [0.2, 0.25) is 5.91 Å². The van der Waals surface area contributed by atoms with Crippen LogP contribution in [0.4, 0.5) is 0 Å². The Kier molecular flexibility index (Phi) is 7.81. The van der Waals surface area contributed by atoms with Crippen LogP contribution in [0.15, 0.2) is 18.2 Å². The Morgan fingerprint density at radius 1 is 1.09 bits per heavy atom. The molecule has 0 radical (unpaired) electrons. The molecule has 6 heteroatoms. The van der Waals surface area contributed by atoms with E-state index in [0.717, 1.165) is 5.56 Å². The highest BCUT2D eigenvalue weighted by atomic mass is 16.5. The molecule has 1 amide bonds. The molecule has 0 fully saturated rings. The fraction of sp³-hybridized carbons (Fsp3) is 0.500. The van der Waals surface area contributed by atoms with Gasteiger partial charge in [-0.2, -0.15) is 0 Å². The van der Waals surface area contributed by atoms with Crippen LogP contribution in [-0.2, 0) is 20.7 Å². The normalized spacial score (nSPS) is 9.95. The molecule has 0 aliphatic carbocycles. The minimum atomic E-state index is -0.349. The lowest BCUT2D eigenvalue weighted by Gasteiger charge is -2.10. The van der Waals surface area contributed by atoms with Crippen molar-refractivity contribution in [3.63, 3.8) is 0 Å². The summed E-state index contributed by atoms with van der Waals surface area (Å²) < 4.78 is 15.2. The van der Waals surface area contributed by atoms with Gasteiger partial charge in [-0.3, -0.25) is 9.59 Å². The predicted octanol–water partition coefficient (Wildman–Crippen LogP) is 1.71. The first kappa shape index (κ1) is 17.8. The third-order valence-corrected chi connectivity index (χ3v) is 3.05. The van der Waals surface area contributed by atoms with E-state index >= 15 is 0 Å². The molecule has 122 valence electrons. The van der Waals surface area contributed by atoms with E-state index in [1.807, 2.05) is 18.2 Å². The maximum atomic E-state index is 11.6. The zero-order valence-corrected chi connectivity index (χ0v) is 13.3. The third-order valence-electron chi connectivity index (χ3n) is 3.05. The Bertz CT molecular complexity index is 501. The number of amides is 1. The minimum absolute atomic E-state index is 0.107. The van der Waals surface area contributed by atoms with Gasteiger partial charge in [0.15, 0.2) is 11.5 Å². The Morgan fingerprint density at radius 3 is 2.45 bits per heavy atom. The van der Waals surface area contributed by atoms with Crippen molar-refractivity contribution < 1.29 is 23.8 Å². The van der Waals surface area contributed by atoms with Crippen LogP contribution < -0.4 is 14.8 Å². The van der Waals surface area contributed by atoms with E-state index in [4.69, 9.17) is 14.2 Å². The molecule has 22 heavy (non-hydrogen) atoms. The van der Waals surface area contributed by atoms with Crippen molar-refractivity contribution in [2.45, 2.75) is 26.2 Å². The van der Waals surface area contributed by atoms with Crippen LogP contribution in [0.25, 0.3) is 0 Å². The number of carbonyl (C=O) groups is 2. The van der Waals surface area contributed by atoms with E-state index in [1.165, 1.54) is 0 Å². The van der Waals surface area contributed by atoms with Gasteiger partial charge in [-0.25, -0.2) is 0 Å².